The number of hydrogen-bond donors (Lipinski definition) is 0. The summed E-state index contributed by atoms with van der Waals surface area (Å²) in [4.78, 5) is 27.9. The van der Waals surface area contributed by atoms with Crippen LogP contribution in [0.4, 0.5) is 4.39 Å². The summed E-state index contributed by atoms with van der Waals surface area (Å²) < 4.78 is 24.7. The molecule has 2 aromatic carbocycles. The van der Waals surface area contributed by atoms with E-state index in [4.69, 9.17) is 8.83 Å². The van der Waals surface area contributed by atoms with Crippen LogP contribution in [0.15, 0.2) is 80.6 Å². The predicted octanol–water partition coefficient (Wildman–Crippen LogP) is 4.27. The van der Waals surface area contributed by atoms with Crippen LogP contribution < -0.4 is 5.43 Å². The van der Waals surface area contributed by atoms with E-state index in [9.17, 15) is 14.0 Å². The minimum absolute atomic E-state index is 0.0181. The molecular weight excluding hydrogens is 361 g/mol. The van der Waals surface area contributed by atoms with Gasteiger partial charge in [0.1, 0.15) is 17.2 Å². The summed E-state index contributed by atoms with van der Waals surface area (Å²) in [7, 11) is 0. The van der Waals surface area contributed by atoms with E-state index >= 15 is 0 Å². The molecule has 0 bridgehead atoms. The second-order valence-electron chi connectivity index (χ2n) is 6.64. The number of halogens is 1. The lowest BCUT2D eigenvalue weighted by molar-refractivity contribution is 0.0701. The largest absolute Gasteiger partial charge is 0.467 e. The SMILES string of the molecule is O=C1c2oc3ccccc3c(=O)c2[C@@H](c2ccc(F)cc2)N1Cc1ccco1. The van der Waals surface area contributed by atoms with Gasteiger partial charge >= 0.3 is 0 Å². The maximum absolute atomic E-state index is 13.5. The Morgan fingerprint density at radius 1 is 0.964 bits per heavy atom. The van der Waals surface area contributed by atoms with Gasteiger partial charge in [0.25, 0.3) is 5.91 Å². The summed E-state index contributed by atoms with van der Waals surface area (Å²) in [6.45, 7) is 0.161. The Hall–Kier alpha value is -3.67. The number of furan rings is 1. The lowest BCUT2D eigenvalue weighted by atomic mass is 9.98. The average Bonchev–Trinajstić information content (AvgIpc) is 3.31. The first kappa shape index (κ1) is 16.5. The van der Waals surface area contributed by atoms with Gasteiger partial charge < -0.3 is 13.7 Å². The summed E-state index contributed by atoms with van der Waals surface area (Å²) in [5.41, 5.74) is 0.989. The molecule has 3 heterocycles. The Labute approximate surface area is 158 Å². The van der Waals surface area contributed by atoms with Crippen LogP contribution in [0.5, 0.6) is 0 Å². The van der Waals surface area contributed by atoms with Crippen LogP contribution in [-0.2, 0) is 6.54 Å². The number of hydrogen-bond acceptors (Lipinski definition) is 4. The summed E-state index contributed by atoms with van der Waals surface area (Å²) in [6.07, 6.45) is 1.52. The van der Waals surface area contributed by atoms with Crippen molar-refractivity contribution in [1.29, 1.82) is 0 Å². The molecule has 0 saturated heterocycles. The third-order valence-electron chi connectivity index (χ3n) is 4.97. The minimum atomic E-state index is -0.686. The van der Waals surface area contributed by atoms with Crippen molar-refractivity contribution in [2.24, 2.45) is 0 Å². The van der Waals surface area contributed by atoms with Crippen LogP contribution in [0.3, 0.4) is 0 Å². The number of carbonyl (C=O) groups excluding carboxylic acids is 1. The van der Waals surface area contributed by atoms with E-state index in [1.54, 1.807) is 48.5 Å². The molecule has 28 heavy (non-hydrogen) atoms. The molecule has 4 aromatic rings. The number of para-hydroxylation sites is 1. The van der Waals surface area contributed by atoms with E-state index in [1.165, 1.54) is 23.3 Å². The zero-order valence-electron chi connectivity index (χ0n) is 14.6. The van der Waals surface area contributed by atoms with E-state index in [0.29, 0.717) is 22.3 Å². The van der Waals surface area contributed by atoms with E-state index in [-0.39, 0.29) is 23.3 Å². The highest BCUT2D eigenvalue weighted by atomic mass is 19.1. The molecule has 6 heteroatoms. The van der Waals surface area contributed by atoms with Crippen LogP contribution in [0.25, 0.3) is 11.0 Å². The van der Waals surface area contributed by atoms with Crippen molar-refractivity contribution in [2.75, 3.05) is 0 Å². The van der Waals surface area contributed by atoms with Gasteiger partial charge in [0.2, 0.25) is 5.76 Å². The van der Waals surface area contributed by atoms with Crippen LogP contribution in [0.2, 0.25) is 0 Å². The fourth-order valence-electron chi connectivity index (χ4n) is 3.69. The van der Waals surface area contributed by atoms with Crippen LogP contribution in [-0.4, -0.2) is 10.8 Å². The van der Waals surface area contributed by atoms with Gasteiger partial charge in [-0.25, -0.2) is 4.39 Å². The number of benzene rings is 2. The van der Waals surface area contributed by atoms with Crippen LogP contribution in [0.1, 0.15) is 33.5 Å². The monoisotopic (exact) mass is 375 g/mol. The topological polar surface area (TPSA) is 63.7 Å². The molecule has 1 amide bonds. The maximum Gasteiger partial charge on any atom is 0.291 e. The molecule has 0 saturated carbocycles. The molecule has 1 atom stereocenters. The number of nitrogens with zero attached hydrogens (tertiary/aromatic N) is 1. The summed E-state index contributed by atoms with van der Waals surface area (Å²) in [5, 5.41) is 0.404. The Morgan fingerprint density at radius 3 is 2.50 bits per heavy atom. The normalized spacial score (nSPS) is 16.0. The van der Waals surface area contributed by atoms with Crippen molar-refractivity contribution < 1.29 is 18.0 Å². The van der Waals surface area contributed by atoms with Crippen molar-refractivity contribution >= 4 is 16.9 Å². The van der Waals surface area contributed by atoms with Crippen LogP contribution >= 0.6 is 0 Å². The molecule has 138 valence electrons. The predicted molar refractivity (Wildman–Crippen MR) is 99.3 cm³/mol. The van der Waals surface area contributed by atoms with E-state index in [0.717, 1.165) is 0 Å². The molecule has 0 spiro atoms. The maximum atomic E-state index is 13.5. The van der Waals surface area contributed by atoms with Gasteiger partial charge in [0, 0.05) is 0 Å². The van der Waals surface area contributed by atoms with E-state index in [1.807, 2.05) is 0 Å². The molecule has 0 aliphatic carbocycles. The Kier molecular flexibility index (Phi) is 3.65. The van der Waals surface area contributed by atoms with Crippen molar-refractivity contribution in [3.8, 4) is 0 Å². The first-order valence-electron chi connectivity index (χ1n) is 8.78. The summed E-state index contributed by atoms with van der Waals surface area (Å²) in [5.74, 6) is -0.199. The van der Waals surface area contributed by atoms with Crippen molar-refractivity contribution in [2.45, 2.75) is 12.6 Å². The molecule has 0 radical (unpaired) electrons. The third kappa shape index (κ3) is 2.45. The van der Waals surface area contributed by atoms with Crippen molar-refractivity contribution in [1.82, 2.24) is 4.90 Å². The first-order valence-corrected chi connectivity index (χ1v) is 8.78. The number of amides is 1. The Balaban J connectivity index is 1.75. The number of fused-ring (bicyclic) bond motifs is 2. The minimum Gasteiger partial charge on any atom is -0.467 e. The smallest absolute Gasteiger partial charge is 0.291 e. The van der Waals surface area contributed by atoms with E-state index < -0.39 is 17.8 Å². The van der Waals surface area contributed by atoms with E-state index in [2.05, 4.69) is 0 Å². The Morgan fingerprint density at radius 2 is 1.75 bits per heavy atom. The molecule has 5 rings (SSSR count). The van der Waals surface area contributed by atoms with Gasteiger partial charge in [0.05, 0.1) is 29.8 Å². The zero-order valence-corrected chi connectivity index (χ0v) is 14.6. The molecule has 5 nitrogen and oxygen atoms in total. The third-order valence-corrected chi connectivity index (χ3v) is 4.97. The number of rotatable bonds is 3. The quantitative estimate of drug-likeness (QED) is 0.536. The Bertz CT molecular complexity index is 1240. The molecule has 1 aliphatic heterocycles. The lowest BCUT2D eigenvalue weighted by Crippen LogP contribution is -2.29. The molecule has 0 fully saturated rings. The highest BCUT2D eigenvalue weighted by Crippen LogP contribution is 2.39. The van der Waals surface area contributed by atoms with Gasteiger partial charge in [-0.3, -0.25) is 9.59 Å². The lowest BCUT2D eigenvalue weighted by Gasteiger charge is -2.24. The second kappa shape index (κ2) is 6.20. The molecule has 0 unspecified atom stereocenters. The zero-order chi connectivity index (χ0) is 19.3. The second-order valence-corrected chi connectivity index (χ2v) is 6.64. The fraction of sp³-hybridized carbons (Fsp3) is 0.0909. The fourth-order valence-corrected chi connectivity index (χ4v) is 3.69. The first-order chi connectivity index (χ1) is 13.6. The van der Waals surface area contributed by atoms with Crippen LogP contribution in [0, 0.1) is 5.82 Å². The summed E-state index contributed by atoms with van der Waals surface area (Å²) in [6, 6.07) is 15.4. The van der Waals surface area contributed by atoms with Crippen molar-refractivity contribution in [3.05, 3.63) is 106 Å². The van der Waals surface area contributed by atoms with Gasteiger partial charge in [-0.05, 0) is 42.0 Å². The highest BCUT2D eigenvalue weighted by molar-refractivity contribution is 5.99. The van der Waals surface area contributed by atoms with Gasteiger partial charge in [-0.1, -0.05) is 24.3 Å². The van der Waals surface area contributed by atoms with Crippen molar-refractivity contribution in [3.63, 3.8) is 0 Å². The highest BCUT2D eigenvalue weighted by Gasteiger charge is 2.43. The van der Waals surface area contributed by atoms with Gasteiger partial charge in [-0.15, -0.1) is 0 Å². The molecule has 0 N–H and O–H groups in total. The van der Waals surface area contributed by atoms with Gasteiger partial charge in [0.15, 0.2) is 5.43 Å². The van der Waals surface area contributed by atoms with Gasteiger partial charge in [-0.2, -0.15) is 0 Å². The number of carbonyl (C=O) groups is 1. The molecular formula is C22H14FNO4. The standard InChI is InChI=1S/C22H14FNO4/c23-14-9-7-13(8-10-14)19-18-20(25)16-5-1-2-6-17(16)28-21(18)22(26)24(19)12-15-4-3-11-27-15/h1-11,19H,12H2/t19-/m1/s1. The molecule has 1 aliphatic rings. The summed E-state index contributed by atoms with van der Waals surface area (Å²) >= 11 is 0. The molecule has 2 aromatic heterocycles. The average molecular weight is 375 g/mol.